The van der Waals surface area contributed by atoms with Gasteiger partial charge in [-0.2, -0.15) is 0 Å². The standard InChI is InChI=1S/C9H13O2.3CH3.Sn/c1-7-5-3-4-6-8(7)9(10)11-2;;;;/h7H,3-5H2,1-2H3;3*1H3;. The number of hydrogen-bond acceptors (Lipinski definition) is 2. The monoisotopic (exact) mass is 318 g/mol. The van der Waals surface area contributed by atoms with E-state index >= 15 is 0 Å². The van der Waals surface area contributed by atoms with Crippen LogP contribution in [0.25, 0.3) is 0 Å². The van der Waals surface area contributed by atoms with Crippen LogP contribution >= 0.6 is 0 Å². The van der Waals surface area contributed by atoms with Gasteiger partial charge in [-0.15, -0.1) is 0 Å². The van der Waals surface area contributed by atoms with Crippen LogP contribution in [0.2, 0.25) is 14.8 Å². The third-order valence-corrected chi connectivity index (χ3v) is 9.84. The van der Waals surface area contributed by atoms with Gasteiger partial charge in [0.15, 0.2) is 0 Å². The molecule has 0 radical (unpaired) electrons. The quantitative estimate of drug-likeness (QED) is 0.578. The van der Waals surface area contributed by atoms with Crippen molar-refractivity contribution in [1.29, 1.82) is 0 Å². The van der Waals surface area contributed by atoms with Crippen molar-refractivity contribution in [2.24, 2.45) is 5.92 Å². The number of ether oxygens (including phenoxy) is 1. The van der Waals surface area contributed by atoms with Crippen LogP contribution in [0.15, 0.2) is 9.16 Å². The number of methoxy groups -OCH3 is 1. The molecule has 0 fully saturated rings. The minimum absolute atomic E-state index is 0.0798. The van der Waals surface area contributed by atoms with Crippen LogP contribution in [0, 0.1) is 5.92 Å². The molecule has 1 rings (SSSR count). The molecular weight excluding hydrogens is 295 g/mol. The van der Waals surface area contributed by atoms with Crippen LogP contribution in [0.5, 0.6) is 0 Å². The summed E-state index contributed by atoms with van der Waals surface area (Å²) in [6.45, 7) is 2.16. The van der Waals surface area contributed by atoms with Gasteiger partial charge in [-0.25, -0.2) is 0 Å². The Labute approximate surface area is 97.0 Å². The molecule has 2 nitrogen and oxygen atoms in total. The summed E-state index contributed by atoms with van der Waals surface area (Å²) in [4.78, 5) is 18.9. The van der Waals surface area contributed by atoms with Crippen LogP contribution < -0.4 is 0 Å². The van der Waals surface area contributed by atoms with Crippen molar-refractivity contribution < 1.29 is 9.53 Å². The van der Waals surface area contributed by atoms with Gasteiger partial charge in [0.2, 0.25) is 0 Å². The molecule has 1 unspecified atom stereocenters. The Hall–Kier alpha value is 0.00870. The molecule has 0 aromatic carbocycles. The molecule has 0 aromatic heterocycles. The Balaban J connectivity index is 3.16. The van der Waals surface area contributed by atoms with Crippen molar-refractivity contribution >= 4 is 24.3 Å². The van der Waals surface area contributed by atoms with Crippen molar-refractivity contribution in [1.82, 2.24) is 0 Å². The summed E-state index contributed by atoms with van der Waals surface area (Å²) in [6, 6.07) is 0. The second-order valence-corrected chi connectivity index (χ2v) is 20.0. The van der Waals surface area contributed by atoms with E-state index in [1.54, 1.807) is 0 Å². The zero-order chi connectivity index (χ0) is 11.6. The first-order chi connectivity index (χ1) is 6.88. The van der Waals surface area contributed by atoms with Gasteiger partial charge in [-0.05, 0) is 0 Å². The first-order valence-corrected chi connectivity index (χ1v) is 15.7. The molecule has 0 aromatic rings. The second kappa shape index (κ2) is 4.89. The third-order valence-electron chi connectivity index (χ3n) is 3.19. The second-order valence-electron chi connectivity index (χ2n) is 5.43. The van der Waals surface area contributed by atoms with Gasteiger partial charge in [0.05, 0.1) is 0 Å². The fourth-order valence-corrected chi connectivity index (χ4v) is 8.32. The molecule has 0 spiro atoms. The fraction of sp³-hybridized carbons (Fsp3) is 0.750. The molecule has 0 bridgehead atoms. The fourth-order valence-electron chi connectivity index (χ4n) is 2.37. The van der Waals surface area contributed by atoms with Crippen molar-refractivity contribution in [3.63, 3.8) is 0 Å². The van der Waals surface area contributed by atoms with Crippen molar-refractivity contribution in [2.75, 3.05) is 7.11 Å². The van der Waals surface area contributed by atoms with Gasteiger partial charge in [0, 0.05) is 0 Å². The summed E-state index contributed by atoms with van der Waals surface area (Å²) in [5, 5.41) is 0. The Morgan fingerprint density at radius 2 is 2.00 bits per heavy atom. The zero-order valence-electron chi connectivity index (χ0n) is 10.5. The van der Waals surface area contributed by atoms with Gasteiger partial charge in [-0.3, -0.25) is 0 Å². The van der Waals surface area contributed by atoms with Crippen LogP contribution in [-0.4, -0.2) is 31.5 Å². The minimum atomic E-state index is -2.10. The number of carbonyl (C=O) groups is 1. The van der Waals surface area contributed by atoms with Crippen LogP contribution in [0.1, 0.15) is 26.2 Å². The first kappa shape index (κ1) is 13.1. The van der Waals surface area contributed by atoms with Gasteiger partial charge in [0.25, 0.3) is 0 Å². The average Bonchev–Trinajstić information content (AvgIpc) is 2.15. The summed E-state index contributed by atoms with van der Waals surface area (Å²) < 4.78 is 6.42. The van der Waals surface area contributed by atoms with E-state index in [-0.39, 0.29) is 5.97 Å². The van der Waals surface area contributed by atoms with Crippen LogP contribution in [0.4, 0.5) is 0 Å². The number of carbonyl (C=O) groups excluding carboxylic acids is 1. The third kappa shape index (κ3) is 2.99. The molecule has 1 aliphatic rings. The Morgan fingerprint density at radius 3 is 2.47 bits per heavy atom. The van der Waals surface area contributed by atoms with E-state index in [2.05, 4.69) is 21.7 Å². The summed E-state index contributed by atoms with van der Waals surface area (Å²) >= 11 is -2.10. The van der Waals surface area contributed by atoms with Gasteiger partial charge >= 0.3 is 97.1 Å². The normalized spacial score (nSPS) is 22.9. The molecule has 0 N–H and O–H groups in total. The van der Waals surface area contributed by atoms with E-state index < -0.39 is 18.4 Å². The molecule has 0 saturated carbocycles. The van der Waals surface area contributed by atoms with Crippen molar-refractivity contribution in [3.8, 4) is 0 Å². The van der Waals surface area contributed by atoms with E-state index in [1.807, 2.05) is 0 Å². The van der Waals surface area contributed by atoms with E-state index in [4.69, 9.17) is 4.74 Å². The van der Waals surface area contributed by atoms with Crippen molar-refractivity contribution in [3.05, 3.63) is 9.16 Å². The predicted octanol–water partition coefficient (Wildman–Crippen LogP) is 3.15. The predicted molar refractivity (Wildman–Crippen MR) is 65.4 cm³/mol. The molecule has 15 heavy (non-hydrogen) atoms. The molecule has 0 aliphatic heterocycles. The number of hydrogen-bond donors (Lipinski definition) is 0. The summed E-state index contributed by atoms with van der Waals surface area (Å²) in [7, 11) is 1.49. The zero-order valence-corrected chi connectivity index (χ0v) is 13.4. The molecule has 0 amide bonds. The Kier molecular flexibility index (Phi) is 4.27. The number of allylic oxidation sites excluding steroid dienone is 1. The number of esters is 1. The summed E-state index contributed by atoms with van der Waals surface area (Å²) in [5.41, 5.74) is 1.02. The maximum atomic E-state index is 11.8. The topological polar surface area (TPSA) is 26.3 Å². The Morgan fingerprint density at radius 1 is 1.40 bits per heavy atom. The average molecular weight is 317 g/mol. The SMILES string of the molecule is COC(=O)C1=[C]([Sn]([CH3])([CH3])[CH3])CCCC1C. The molecule has 0 heterocycles. The Bertz CT molecular complexity index is 286. The van der Waals surface area contributed by atoms with E-state index in [9.17, 15) is 4.79 Å². The van der Waals surface area contributed by atoms with E-state index in [0.717, 1.165) is 18.4 Å². The summed E-state index contributed by atoms with van der Waals surface area (Å²) in [5.74, 6) is 0.320. The number of rotatable bonds is 2. The van der Waals surface area contributed by atoms with E-state index in [0.29, 0.717) is 5.92 Å². The summed E-state index contributed by atoms with van der Waals surface area (Å²) in [6.07, 6.45) is 3.51. The van der Waals surface area contributed by atoms with Gasteiger partial charge in [0.1, 0.15) is 0 Å². The maximum absolute atomic E-state index is 11.8. The molecular formula is C12H22O2Sn. The molecule has 1 aliphatic carbocycles. The molecule has 3 heteroatoms. The van der Waals surface area contributed by atoms with Gasteiger partial charge in [-0.1, -0.05) is 0 Å². The van der Waals surface area contributed by atoms with Crippen LogP contribution in [-0.2, 0) is 9.53 Å². The van der Waals surface area contributed by atoms with Gasteiger partial charge < -0.3 is 0 Å². The molecule has 86 valence electrons. The molecule has 0 saturated heterocycles. The van der Waals surface area contributed by atoms with Crippen molar-refractivity contribution in [2.45, 2.75) is 41.0 Å². The van der Waals surface area contributed by atoms with E-state index in [1.165, 1.54) is 17.1 Å². The van der Waals surface area contributed by atoms with Crippen LogP contribution in [0.3, 0.4) is 0 Å². The molecule has 1 atom stereocenters. The first-order valence-electron chi connectivity index (χ1n) is 5.69.